The lowest BCUT2D eigenvalue weighted by Crippen LogP contribution is -1.96. The standard InChI is InChI=1S/C15H12ClN3/c16-10-3-1-4-11(9-10)19-15-13-5-2-6-14(17)12(13)7-8-18-15/h1-9H,17H2,(H,18,19). The number of pyridine rings is 1. The van der Waals surface area contributed by atoms with Gasteiger partial charge in [0, 0.05) is 33.4 Å². The van der Waals surface area contributed by atoms with Crippen LogP contribution in [0.2, 0.25) is 5.02 Å². The van der Waals surface area contributed by atoms with E-state index in [1.54, 1.807) is 6.20 Å². The number of fused-ring (bicyclic) bond motifs is 1. The number of nitrogen functional groups attached to an aromatic ring is 1. The number of halogens is 1. The summed E-state index contributed by atoms with van der Waals surface area (Å²) in [4.78, 5) is 4.36. The number of benzene rings is 2. The summed E-state index contributed by atoms with van der Waals surface area (Å²) in [5.74, 6) is 0.770. The van der Waals surface area contributed by atoms with Crippen molar-refractivity contribution in [3.63, 3.8) is 0 Å². The summed E-state index contributed by atoms with van der Waals surface area (Å²) in [6.45, 7) is 0. The summed E-state index contributed by atoms with van der Waals surface area (Å²) in [6, 6.07) is 15.2. The van der Waals surface area contributed by atoms with Crippen molar-refractivity contribution >= 4 is 39.6 Å². The van der Waals surface area contributed by atoms with Crippen molar-refractivity contribution in [3.8, 4) is 0 Å². The van der Waals surface area contributed by atoms with Gasteiger partial charge in [0.05, 0.1) is 0 Å². The maximum absolute atomic E-state index is 5.97. The minimum absolute atomic E-state index is 0.685. The van der Waals surface area contributed by atoms with Crippen LogP contribution in [0.15, 0.2) is 54.7 Å². The van der Waals surface area contributed by atoms with Gasteiger partial charge < -0.3 is 11.1 Å². The van der Waals surface area contributed by atoms with Crippen molar-refractivity contribution in [1.29, 1.82) is 0 Å². The van der Waals surface area contributed by atoms with Gasteiger partial charge in [0.2, 0.25) is 0 Å². The largest absolute Gasteiger partial charge is 0.398 e. The maximum Gasteiger partial charge on any atom is 0.138 e. The van der Waals surface area contributed by atoms with E-state index in [1.807, 2.05) is 48.5 Å². The van der Waals surface area contributed by atoms with Crippen molar-refractivity contribution < 1.29 is 0 Å². The molecular formula is C15H12ClN3. The first-order valence-corrected chi connectivity index (χ1v) is 6.27. The van der Waals surface area contributed by atoms with Gasteiger partial charge in [0.25, 0.3) is 0 Å². The van der Waals surface area contributed by atoms with Crippen LogP contribution in [0, 0.1) is 0 Å². The highest BCUT2D eigenvalue weighted by atomic mass is 35.5. The lowest BCUT2D eigenvalue weighted by atomic mass is 10.1. The average Bonchev–Trinajstić information content (AvgIpc) is 2.40. The van der Waals surface area contributed by atoms with Gasteiger partial charge in [-0.25, -0.2) is 4.98 Å². The zero-order chi connectivity index (χ0) is 13.2. The van der Waals surface area contributed by atoms with Gasteiger partial charge in [0.1, 0.15) is 5.82 Å². The van der Waals surface area contributed by atoms with Gasteiger partial charge in [-0.2, -0.15) is 0 Å². The Hall–Kier alpha value is -2.26. The fourth-order valence-corrected chi connectivity index (χ4v) is 2.22. The Morgan fingerprint density at radius 1 is 1.00 bits per heavy atom. The fourth-order valence-electron chi connectivity index (χ4n) is 2.03. The molecule has 0 saturated carbocycles. The molecule has 2 aromatic carbocycles. The third-order valence-electron chi connectivity index (χ3n) is 2.93. The summed E-state index contributed by atoms with van der Waals surface area (Å²) < 4.78 is 0. The quantitative estimate of drug-likeness (QED) is 0.685. The number of aromatic nitrogens is 1. The lowest BCUT2D eigenvalue weighted by Gasteiger charge is -2.10. The Bertz CT molecular complexity index is 740. The first-order chi connectivity index (χ1) is 9.24. The number of nitrogens with zero attached hydrogens (tertiary/aromatic N) is 1. The first-order valence-electron chi connectivity index (χ1n) is 5.90. The lowest BCUT2D eigenvalue weighted by molar-refractivity contribution is 1.34. The summed E-state index contributed by atoms with van der Waals surface area (Å²) >= 11 is 5.97. The number of anilines is 3. The number of hydrogen-bond acceptors (Lipinski definition) is 3. The first kappa shape index (κ1) is 11.8. The zero-order valence-corrected chi connectivity index (χ0v) is 10.9. The molecule has 94 valence electrons. The molecule has 0 aliphatic rings. The highest BCUT2D eigenvalue weighted by molar-refractivity contribution is 6.30. The molecular weight excluding hydrogens is 258 g/mol. The molecule has 0 unspecified atom stereocenters. The second-order valence-electron chi connectivity index (χ2n) is 4.24. The van der Waals surface area contributed by atoms with Crippen LogP contribution in [-0.2, 0) is 0 Å². The third kappa shape index (κ3) is 2.33. The van der Waals surface area contributed by atoms with E-state index < -0.39 is 0 Å². The Morgan fingerprint density at radius 2 is 1.84 bits per heavy atom. The molecule has 4 heteroatoms. The van der Waals surface area contributed by atoms with E-state index in [2.05, 4.69) is 10.3 Å². The van der Waals surface area contributed by atoms with E-state index in [9.17, 15) is 0 Å². The van der Waals surface area contributed by atoms with Crippen LogP contribution in [0.25, 0.3) is 10.8 Å². The minimum Gasteiger partial charge on any atom is -0.398 e. The molecule has 0 atom stereocenters. The van der Waals surface area contributed by atoms with Crippen LogP contribution >= 0.6 is 11.6 Å². The molecule has 19 heavy (non-hydrogen) atoms. The van der Waals surface area contributed by atoms with Crippen molar-refractivity contribution in [2.75, 3.05) is 11.1 Å². The van der Waals surface area contributed by atoms with Gasteiger partial charge in [-0.05, 0) is 30.3 Å². The molecule has 0 spiro atoms. The third-order valence-corrected chi connectivity index (χ3v) is 3.16. The van der Waals surface area contributed by atoms with Gasteiger partial charge in [-0.15, -0.1) is 0 Å². The molecule has 1 heterocycles. The van der Waals surface area contributed by atoms with Crippen molar-refractivity contribution in [1.82, 2.24) is 4.98 Å². The van der Waals surface area contributed by atoms with Crippen LogP contribution in [0.1, 0.15) is 0 Å². The average molecular weight is 270 g/mol. The van der Waals surface area contributed by atoms with Gasteiger partial charge in [-0.3, -0.25) is 0 Å². The molecule has 1 aromatic heterocycles. The SMILES string of the molecule is Nc1cccc2c(Nc3cccc(Cl)c3)nccc12. The molecule has 0 bridgehead atoms. The van der Waals surface area contributed by atoms with Crippen molar-refractivity contribution in [3.05, 3.63) is 59.8 Å². The van der Waals surface area contributed by atoms with E-state index in [-0.39, 0.29) is 0 Å². The number of nitrogens with two attached hydrogens (primary N) is 1. The highest BCUT2D eigenvalue weighted by Crippen LogP contribution is 2.28. The molecule has 0 aliphatic carbocycles. The fraction of sp³-hybridized carbons (Fsp3) is 0. The number of nitrogens with one attached hydrogen (secondary N) is 1. The molecule has 3 aromatic rings. The van der Waals surface area contributed by atoms with Gasteiger partial charge in [-0.1, -0.05) is 29.8 Å². The smallest absolute Gasteiger partial charge is 0.138 e. The van der Waals surface area contributed by atoms with Gasteiger partial charge >= 0.3 is 0 Å². The van der Waals surface area contributed by atoms with Gasteiger partial charge in [0.15, 0.2) is 0 Å². The Labute approximate surface area is 116 Å². The number of rotatable bonds is 2. The molecule has 0 radical (unpaired) electrons. The minimum atomic E-state index is 0.685. The highest BCUT2D eigenvalue weighted by Gasteiger charge is 2.04. The molecule has 0 amide bonds. The Kier molecular flexibility index (Phi) is 2.97. The molecule has 0 saturated heterocycles. The number of hydrogen-bond donors (Lipinski definition) is 2. The van der Waals surface area contributed by atoms with Crippen LogP contribution in [0.5, 0.6) is 0 Å². The van der Waals surface area contributed by atoms with E-state index in [0.717, 1.165) is 28.0 Å². The van der Waals surface area contributed by atoms with Crippen molar-refractivity contribution in [2.45, 2.75) is 0 Å². The van der Waals surface area contributed by atoms with Crippen LogP contribution in [0.3, 0.4) is 0 Å². The van der Waals surface area contributed by atoms with E-state index in [4.69, 9.17) is 17.3 Å². The summed E-state index contributed by atoms with van der Waals surface area (Å²) in [6.07, 6.45) is 1.74. The molecule has 3 N–H and O–H groups in total. The molecule has 0 fully saturated rings. The molecule has 3 rings (SSSR count). The van der Waals surface area contributed by atoms with Crippen molar-refractivity contribution in [2.24, 2.45) is 0 Å². The predicted molar refractivity (Wildman–Crippen MR) is 80.9 cm³/mol. The predicted octanol–water partition coefficient (Wildman–Crippen LogP) is 4.21. The maximum atomic E-state index is 5.97. The van der Waals surface area contributed by atoms with E-state index in [0.29, 0.717) is 5.02 Å². The van der Waals surface area contributed by atoms with Crippen LogP contribution in [-0.4, -0.2) is 4.98 Å². The Balaban J connectivity index is 2.08. The second kappa shape index (κ2) is 4.78. The summed E-state index contributed by atoms with van der Waals surface area (Å²) in [7, 11) is 0. The summed E-state index contributed by atoms with van der Waals surface area (Å²) in [5, 5.41) is 5.93. The Morgan fingerprint density at radius 3 is 2.68 bits per heavy atom. The molecule has 0 aliphatic heterocycles. The van der Waals surface area contributed by atoms with Crippen LogP contribution in [0.4, 0.5) is 17.2 Å². The summed E-state index contributed by atoms with van der Waals surface area (Å²) in [5.41, 5.74) is 7.61. The normalized spacial score (nSPS) is 10.6. The molecule has 3 nitrogen and oxygen atoms in total. The topological polar surface area (TPSA) is 50.9 Å². The van der Waals surface area contributed by atoms with E-state index in [1.165, 1.54) is 0 Å². The zero-order valence-electron chi connectivity index (χ0n) is 10.1. The van der Waals surface area contributed by atoms with Crippen LogP contribution < -0.4 is 11.1 Å². The second-order valence-corrected chi connectivity index (χ2v) is 4.67. The van der Waals surface area contributed by atoms with E-state index >= 15 is 0 Å². The monoisotopic (exact) mass is 269 g/mol.